The third-order valence-corrected chi connectivity index (χ3v) is 4.92. The van der Waals surface area contributed by atoms with Crippen molar-refractivity contribution < 1.29 is 19.7 Å². The molecule has 1 amide bonds. The Balaban J connectivity index is 0.000000194. The van der Waals surface area contributed by atoms with Crippen LogP contribution in [0, 0.1) is 0 Å². The molecule has 2 aromatic carbocycles. The second-order valence-corrected chi connectivity index (χ2v) is 8.44. The standard InChI is InChI=1S/C15H19NO3.C10H11NO/c1-15(2,3)19-14(18)16-8-11-6-4-5-7-13(11)12(9-16)10-17;12-7-9-6-11-5-8-3-1-2-4-10(8)9/h4-7,9,17H,8,10H2,1-3H3;1-4,6,11-12H,5,7H2. The second kappa shape index (κ2) is 9.81. The molecule has 6 nitrogen and oxygen atoms in total. The summed E-state index contributed by atoms with van der Waals surface area (Å²) in [7, 11) is 0. The zero-order valence-electron chi connectivity index (χ0n) is 18.3. The average Bonchev–Trinajstić information content (AvgIpc) is 2.77. The van der Waals surface area contributed by atoms with E-state index in [-0.39, 0.29) is 13.2 Å². The number of aliphatic hydroxyl groups is 2. The highest BCUT2D eigenvalue weighted by Crippen LogP contribution is 2.27. The van der Waals surface area contributed by atoms with Gasteiger partial charge >= 0.3 is 6.09 Å². The van der Waals surface area contributed by atoms with E-state index in [9.17, 15) is 9.90 Å². The number of rotatable bonds is 2. The Hall–Kier alpha value is -3.09. The molecule has 0 spiro atoms. The molecule has 0 saturated heterocycles. The van der Waals surface area contributed by atoms with Gasteiger partial charge in [0.1, 0.15) is 5.60 Å². The Bertz CT molecular complexity index is 989. The molecule has 2 aliphatic rings. The maximum absolute atomic E-state index is 12.1. The lowest BCUT2D eigenvalue weighted by atomic mass is 9.97. The number of carbonyl (C=O) groups excluding carboxylic acids is 1. The largest absolute Gasteiger partial charge is 0.443 e. The van der Waals surface area contributed by atoms with Crippen molar-refractivity contribution in [2.24, 2.45) is 0 Å². The lowest BCUT2D eigenvalue weighted by molar-refractivity contribution is 0.0320. The molecule has 0 atom stereocenters. The topological polar surface area (TPSA) is 82.0 Å². The monoisotopic (exact) mass is 422 g/mol. The molecule has 0 aliphatic carbocycles. The first-order chi connectivity index (χ1) is 14.8. The zero-order chi connectivity index (χ0) is 22.4. The van der Waals surface area contributed by atoms with Gasteiger partial charge in [0.25, 0.3) is 0 Å². The van der Waals surface area contributed by atoms with Crippen LogP contribution in [0.4, 0.5) is 4.79 Å². The van der Waals surface area contributed by atoms with E-state index in [1.54, 1.807) is 6.20 Å². The summed E-state index contributed by atoms with van der Waals surface area (Å²) >= 11 is 0. The van der Waals surface area contributed by atoms with Crippen molar-refractivity contribution in [2.45, 2.75) is 39.5 Å². The predicted octanol–water partition coefficient (Wildman–Crippen LogP) is 3.89. The molecule has 0 fully saturated rings. The van der Waals surface area contributed by atoms with Crippen LogP contribution in [0.5, 0.6) is 0 Å². The van der Waals surface area contributed by atoms with Gasteiger partial charge in [0, 0.05) is 30.1 Å². The van der Waals surface area contributed by atoms with Crippen LogP contribution in [0.1, 0.15) is 43.0 Å². The van der Waals surface area contributed by atoms with Gasteiger partial charge < -0.3 is 20.3 Å². The Kier molecular flexibility index (Phi) is 7.15. The summed E-state index contributed by atoms with van der Waals surface area (Å²) in [5.41, 5.74) is 5.60. The summed E-state index contributed by atoms with van der Waals surface area (Å²) in [5, 5.41) is 21.6. The molecule has 0 saturated carbocycles. The van der Waals surface area contributed by atoms with Gasteiger partial charge in [-0.1, -0.05) is 48.5 Å². The molecule has 2 heterocycles. The number of benzene rings is 2. The van der Waals surface area contributed by atoms with E-state index >= 15 is 0 Å². The third-order valence-electron chi connectivity index (χ3n) is 4.92. The lowest BCUT2D eigenvalue weighted by Crippen LogP contribution is -2.35. The predicted molar refractivity (Wildman–Crippen MR) is 122 cm³/mol. The number of hydrogen-bond acceptors (Lipinski definition) is 5. The summed E-state index contributed by atoms with van der Waals surface area (Å²) < 4.78 is 5.35. The van der Waals surface area contributed by atoms with Crippen LogP contribution >= 0.6 is 0 Å². The zero-order valence-corrected chi connectivity index (χ0v) is 18.3. The molecule has 0 unspecified atom stereocenters. The third kappa shape index (κ3) is 5.75. The van der Waals surface area contributed by atoms with Crippen molar-refractivity contribution in [3.05, 3.63) is 83.2 Å². The quantitative estimate of drug-likeness (QED) is 0.684. The first-order valence-electron chi connectivity index (χ1n) is 10.3. The highest BCUT2D eigenvalue weighted by Gasteiger charge is 2.25. The van der Waals surface area contributed by atoms with Gasteiger partial charge in [-0.05, 0) is 43.0 Å². The average molecular weight is 423 g/mol. The lowest BCUT2D eigenvalue weighted by Gasteiger charge is -2.29. The fourth-order valence-electron chi connectivity index (χ4n) is 3.50. The Morgan fingerprint density at radius 3 is 2.16 bits per heavy atom. The fraction of sp³-hybridized carbons (Fsp3) is 0.320. The Labute approximate surface area is 183 Å². The van der Waals surface area contributed by atoms with E-state index in [1.165, 1.54) is 16.0 Å². The second-order valence-electron chi connectivity index (χ2n) is 8.44. The van der Waals surface area contributed by atoms with Gasteiger partial charge in [0.05, 0.1) is 19.8 Å². The molecule has 6 heteroatoms. The molecule has 4 rings (SSSR count). The molecular formula is C25H30N2O4. The number of hydrogen-bond donors (Lipinski definition) is 3. The number of fused-ring (bicyclic) bond motifs is 2. The molecule has 0 bridgehead atoms. The van der Waals surface area contributed by atoms with Crippen LogP contribution in [0.2, 0.25) is 0 Å². The van der Waals surface area contributed by atoms with Crippen LogP contribution < -0.4 is 5.32 Å². The summed E-state index contributed by atoms with van der Waals surface area (Å²) in [6, 6.07) is 15.9. The van der Waals surface area contributed by atoms with Crippen molar-refractivity contribution in [3.8, 4) is 0 Å². The van der Waals surface area contributed by atoms with E-state index in [0.29, 0.717) is 6.54 Å². The van der Waals surface area contributed by atoms with Gasteiger partial charge in [0.2, 0.25) is 0 Å². The maximum atomic E-state index is 12.1. The summed E-state index contributed by atoms with van der Waals surface area (Å²) in [5.74, 6) is 0. The van der Waals surface area contributed by atoms with Crippen molar-refractivity contribution in [1.82, 2.24) is 10.2 Å². The Morgan fingerprint density at radius 1 is 0.968 bits per heavy atom. The molecule has 0 radical (unpaired) electrons. The maximum Gasteiger partial charge on any atom is 0.414 e. The molecule has 31 heavy (non-hydrogen) atoms. The van der Waals surface area contributed by atoms with Crippen LogP contribution in [0.15, 0.2) is 60.9 Å². The van der Waals surface area contributed by atoms with Crippen LogP contribution in [0.3, 0.4) is 0 Å². The minimum atomic E-state index is -0.527. The smallest absolute Gasteiger partial charge is 0.414 e. The minimum Gasteiger partial charge on any atom is -0.443 e. The summed E-state index contributed by atoms with van der Waals surface area (Å²) in [4.78, 5) is 13.6. The highest BCUT2D eigenvalue weighted by atomic mass is 16.6. The van der Waals surface area contributed by atoms with Crippen molar-refractivity contribution in [3.63, 3.8) is 0 Å². The number of carbonyl (C=O) groups is 1. The fourth-order valence-corrected chi connectivity index (χ4v) is 3.50. The molecule has 2 aliphatic heterocycles. The minimum absolute atomic E-state index is 0.101. The molecule has 164 valence electrons. The summed E-state index contributed by atoms with van der Waals surface area (Å²) in [6.07, 6.45) is 3.15. The van der Waals surface area contributed by atoms with Gasteiger partial charge in [0.15, 0.2) is 0 Å². The van der Waals surface area contributed by atoms with Crippen LogP contribution in [-0.2, 0) is 17.8 Å². The van der Waals surface area contributed by atoms with Gasteiger partial charge in [-0.2, -0.15) is 0 Å². The summed E-state index contributed by atoms with van der Waals surface area (Å²) in [6.45, 7) is 6.83. The Morgan fingerprint density at radius 2 is 1.55 bits per heavy atom. The molecular weight excluding hydrogens is 392 g/mol. The number of nitrogens with one attached hydrogen (secondary N) is 1. The van der Waals surface area contributed by atoms with E-state index in [0.717, 1.165) is 28.8 Å². The van der Waals surface area contributed by atoms with E-state index in [4.69, 9.17) is 9.84 Å². The van der Waals surface area contributed by atoms with Crippen molar-refractivity contribution in [2.75, 3.05) is 13.2 Å². The molecule has 3 N–H and O–H groups in total. The number of aliphatic hydroxyl groups excluding tert-OH is 2. The first-order valence-corrected chi connectivity index (χ1v) is 10.3. The number of amides is 1. The number of nitrogens with zero attached hydrogens (tertiary/aromatic N) is 1. The molecule has 0 aromatic heterocycles. The van der Waals surface area contributed by atoms with Crippen LogP contribution in [0.25, 0.3) is 11.1 Å². The normalized spacial score (nSPS) is 14.7. The van der Waals surface area contributed by atoms with E-state index in [1.807, 2.05) is 69.4 Å². The van der Waals surface area contributed by atoms with Crippen molar-refractivity contribution >= 4 is 17.2 Å². The van der Waals surface area contributed by atoms with E-state index < -0.39 is 11.7 Å². The van der Waals surface area contributed by atoms with Gasteiger partial charge in [-0.25, -0.2) is 4.79 Å². The SMILES string of the molecule is CC(C)(C)OC(=O)N1C=C(CO)c2ccccc2C1.OCC1=CNCc2ccccc21. The first kappa shape index (κ1) is 22.6. The van der Waals surface area contributed by atoms with E-state index in [2.05, 4.69) is 11.4 Å². The highest BCUT2D eigenvalue weighted by molar-refractivity contribution is 5.77. The van der Waals surface area contributed by atoms with Gasteiger partial charge in [-0.3, -0.25) is 4.90 Å². The van der Waals surface area contributed by atoms with Crippen LogP contribution in [-0.4, -0.2) is 40.0 Å². The van der Waals surface area contributed by atoms with Gasteiger partial charge in [-0.15, -0.1) is 0 Å². The number of ether oxygens (including phenoxy) is 1. The van der Waals surface area contributed by atoms with Crippen molar-refractivity contribution in [1.29, 1.82) is 0 Å². The molecule has 2 aromatic rings.